The van der Waals surface area contributed by atoms with Crippen LogP contribution in [0.1, 0.15) is 31.3 Å². The molecule has 2 rings (SSSR count). The van der Waals surface area contributed by atoms with Gasteiger partial charge in [-0.2, -0.15) is 0 Å². The molecule has 1 aliphatic rings. The molecule has 16 heavy (non-hydrogen) atoms. The maximum atomic E-state index is 5.62. The molecule has 1 fully saturated rings. The molecule has 0 unspecified atom stereocenters. The predicted octanol–water partition coefficient (Wildman–Crippen LogP) is 1.30. The quantitative estimate of drug-likeness (QED) is 0.834. The minimum atomic E-state index is 0.380. The molecular formula is C12H20N4. The summed E-state index contributed by atoms with van der Waals surface area (Å²) in [5, 5.41) is 0. The highest BCUT2D eigenvalue weighted by Crippen LogP contribution is 2.24. The van der Waals surface area contributed by atoms with Gasteiger partial charge in [-0.3, -0.25) is 0 Å². The van der Waals surface area contributed by atoms with Crippen molar-refractivity contribution in [3.8, 4) is 0 Å². The van der Waals surface area contributed by atoms with Gasteiger partial charge in [-0.15, -0.1) is 0 Å². The van der Waals surface area contributed by atoms with Crippen molar-refractivity contribution in [1.29, 1.82) is 0 Å². The molecule has 0 saturated carbocycles. The second-order valence-corrected chi connectivity index (χ2v) is 4.89. The summed E-state index contributed by atoms with van der Waals surface area (Å²) in [5.74, 6) is 3.01. The fourth-order valence-electron chi connectivity index (χ4n) is 1.90. The summed E-state index contributed by atoms with van der Waals surface area (Å²) < 4.78 is 0. The number of nitrogens with zero attached hydrogens (tertiary/aromatic N) is 3. The zero-order chi connectivity index (χ0) is 11.7. The fourth-order valence-corrected chi connectivity index (χ4v) is 1.90. The van der Waals surface area contributed by atoms with Crippen LogP contribution in [0.25, 0.3) is 0 Å². The van der Waals surface area contributed by atoms with Crippen LogP contribution in [0, 0.1) is 12.8 Å². The molecule has 2 N–H and O–H groups in total. The molecule has 0 atom stereocenters. The Hall–Kier alpha value is -1.16. The third kappa shape index (κ3) is 2.16. The monoisotopic (exact) mass is 220 g/mol. The minimum Gasteiger partial charge on any atom is -0.356 e. The van der Waals surface area contributed by atoms with E-state index >= 15 is 0 Å². The van der Waals surface area contributed by atoms with Crippen LogP contribution in [0.15, 0.2) is 6.07 Å². The Morgan fingerprint density at radius 2 is 2.12 bits per heavy atom. The second kappa shape index (κ2) is 4.37. The summed E-state index contributed by atoms with van der Waals surface area (Å²) in [6.45, 7) is 9.11. The number of rotatable bonds is 3. The number of aromatic nitrogens is 2. The molecule has 0 radical (unpaired) electrons. The third-order valence-corrected chi connectivity index (χ3v) is 2.99. The van der Waals surface area contributed by atoms with Crippen molar-refractivity contribution in [1.82, 2.24) is 9.97 Å². The van der Waals surface area contributed by atoms with Crippen molar-refractivity contribution in [2.75, 3.05) is 24.5 Å². The van der Waals surface area contributed by atoms with Crippen LogP contribution in [0.5, 0.6) is 0 Å². The molecule has 1 aromatic rings. The Labute approximate surface area is 96.9 Å². The van der Waals surface area contributed by atoms with Crippen molar-refractivity contribution < 1.29 is 0 Å². The Morgan fingerprint density at radius 3 is 2.69 bits per heavy atom. The van der Waals surface area contributed by atoms with Crippen molar-refractivity contribution in [3.63, 3.8) is 0 Å². The van der Waals surface area contributed by atoms with E-state index in [0.717, 1.165) is 37.0 Å². The standard InChI is InChI=1S/C12H20N4/c1-8(2)12-14-9(3)4-11(15-12)16-6-10(5-13)7-16/h4,8,10H,5-7,13H2,1-3H3. The second-order valence-electron chi connectivity index (χ2n) is 4.89. The SMILES string of the molecule is Cc1cc(N2CC(CN)C2)nc(C(C)C)n1. The van der Waals surface area contributed by atoms with Gasteiger partial charge in [-0.1, -0.05) is 13.8 Å². The van der Waals surface area contributed by atoms with Crippen LogP contribution in [0.3, 0.4) is 0 Å². The van der Waals surface area contributed by atoms with E-state index in [1.165, 1.54) is 0 Å². The normalized spacial score (nSPS) is 16.7. The molecule has 0 aliphatic carbocycles. The van der Waals surface area contributed by atoms with Gasteiger partial charge in [0.1, 0.15) is 11.6 Å². The smallest absolute Gasteiger partial charge is 0.133 e. The summed E-state index contributed by atoms with van der Waals surface area (Å²) in [5.41, 5.74) is 6.67. The first kappa shape index (κ1) is 11.3. The number of anilines is 1. The summed E-state index contributed by atoms with van der Waals surface area (Å²) in [6, 6.07) is 2.05. The van der Waals surface area contributed by atoms with Gasteiger partial charge < -0.3 is 10.6 Å². The molecule has 0 spiro atoms. The molecule has 1 aliphatic heterocycles. The Bertz CT molecular complexity index is 369. The van der Waals surface area contributed by atoms with Gasteiger partial charge in [-0.05, 0) is 13.5 Å². The Morgan fingerprint density at radius 1 is 1.44 bits per heavy atom. The molecular weight excluding hydrogens is 200 g/mol. The van der Waals surface area contributed by atoms with E-state index in [0.29, 0.717) is 11.8 Å². The van der Waals surface area contributed by atoms with E-state index < -0.39 is 0 Å². The third-order valence-electron chi connectivity index (χ3n) is 2.99. The van der Waals surface area contributed by atoms with E-state index in [4.69, 9.17) is 5.73 Å². The van der Waals surface area contributed by atoms with Crippen molar-refractivity contribution in [3.05, 3.63) is 17.6 Å². The lowest BCUT2D eigenvalue weighted by Gasteiger charge is -2.39. The Balaban J connectivity index is 2.16. The first-order valence-corrected chi connectivity index (χ1v) is 5.90. The van der Waals surface area contributed by atoms with Crippen molar-refractivity contribution in [2.45, 2.75) is 26.7 Å². The van der Waals surface area contributed by atoms with Crippen LogP contribution in [0.2, 0.25) is 0 Å². The first-order valence-electron chi connectivity index (χ1n) is 5.90. The highest BCUT2D eigenvalue weighted by Gasteiger charge is 2.26. The maximum absolute atomic E-state index is 5.62. The molecule has 0 aromatic carbocycles. The van der Waals surface area contributed by atoms with E-state index in [1.54, 1.807) is 0 Å². The van der Waals surface area contributed by atoms with Gasteiger partial charge in [0.2, 0.25) is 0 Å². The average Bonchev–Trinajstić information content (AvgIpc) is 2.15. The first-order chi connectivity index (χ1) is 7.60. The van der Waals surface area contributed by atoms with E-state index in [-0.39, 0.29) is 0 Å². The molecule has 88 valence electrons. The number of nitrogens with two attached hydrogens (primary N) is 1. The zero-order valence-corrected chi connectivity index (χ0v) is 10.3. The number of hydrogen-bond acceptors (Lipinski definition) is 4. The molecule has 4 heteroatoms. The van der Waals surface area contributed by atoms with Crippen LogP contribution in [-0.2, 0) is 0 Å². The highest BCUT2D eigenvalue weighted by molar-refractivity contribution is 5.43. The summed E-state index contributed by atoms with van der Waals surface area (Å²) >= 11 is 0. The van der Waals surface area contributed by atoms with Gasteiger partial charge in [0, 0.05) is 36.7 Å². The average molecular weight is 220 g/mol. The van der Waals surface area contributed by atoms with Gasteiger partial charge in [0.05, 0.1) is 0 Å². The predicted molar refractivity (Wildman–Crippen MR) is 65.6 cm³/mol. The fraction of sp³-hybridized carbons (Fsp3) is 0.667. The zero-order valence-electron chi connectivity index (χ0n) is 10.3. The summed E-state index contributed by atoms with van der Waals surface area (Å²) in [6.07, 6.45) is 0. The maximum Gasteiger partial charge on any atom is 0.133 e. The van der Waals surface area contributed by atoms with Crippen molar-refractivity contribution >= 4 is 5.82 Å². The Kier molecular flexibility index (Phi) is 3.10. The van der Waals surface area contributed by atoms with E-state index in [1.807, 2.05) is 6.92 Å². The lowest BCUT2D eigenvalue weighted by atomic mass is 10.0. The summed E-state index contributed by atoms with van der Waals surface area (Å²) in [7, 11) is 0. The molecule has 0 amide bonds. The van der Waals surface area contributed by atoms with Crippen LogP contribution in [0.4, 0.5) is 5.82 Å². The van der Waals surface area contributed by atoms with Crippen LogP contribution in [-0.4, -0.2) is 29.6 Å². The molecule has 1 saturated heterocycles. The number of hydrogen-bond donors (Lipinski definition) is 1. The molecule has 1 aromatic heterocycles. The van der Waals surface area contributed by atoms with Crippen LogP contribution >= 0.6 is 0 Å². The van der Waals surface area contributed by atoms with Gasteiger partial charge in [-0.25, -0.2) is 9.97 Å². The van der Waals surface area contributed by atoms with Gasteiger partial charge in [0.15, 0.2) is 0 Å². The number of aryl methyl sites for hydroxylation is 1. The van der Waals surface area contributed by atoms with Gasteiger partial charge in [0.25, 0.3) is 0 Å². The van der Waals surface area contributed by atoms with Crippen LogP contribution < -0.4 is 10.6 Å². The van der Waals surface area contributed by atoms with E-state index in [2.05, 4.69) is 34.8 Å². The molecule has 0 bridgehead atoms. The summed E-state index contributed by atoms with van der Waals surface area (Å²) in [4.78, 5) is 11.3. The lowest BCUT2D eigenvalue weighted by molar-refractivity contribution is 0.416. The molecule has 2 heterocycles. The minimum absolute atomic E-state index is 0.380. The molecule has 4 nitrogen and oxygen atoms in total. The topological polar surface area (TPSA) is 55.0 Å². The highest BCUT2D eigenvalue weighted by atomic mass is 15.2. The van der Waals surface area contributed by atoms with E-state index in [9.17, 15) is 0 Å². The lowest BCUT2D eigenvalue weighted by Crippen LogP contribution is -2.50. The largest absolute Gasteiger partial charge is 0.356 e. The van der Waals surface area contributed by atoms with Crippen molar-refractivity contribution in [2.24, 2.45) is 11.7 Å². The van der Waals surface area contributed by atoms with Gasteiger partial charge >= 0.3 is 0 Å².